The molecule has 4 heteroatoms. The van der Waals surface area contributed by atoms with Gasteiger partial charge in [-0.25, -0.2) is 0 Å². The third kappa shape index (κ3) is 1.67. The molecule has 1 aromatic rings. The Hall–Kier alpha value is -0.640. The molecule has 0 bridgehead atoms. The van der Waals surface area contributed by atoms with Crippen LogP contribution in [0.25, 0.3) is 0 Å². The van der Waals surface area contributed by atoms with Crippen LogP contribution in [0, 0.1) is 0 Å². The maximum Gasteiger partial charge on any atom is 0.235 e. The summed E-state index contributed by atoms with van der Waals surface area (Å²) >= 11 is 1.65. The van der Waals surface area contributed by atoms with E-state index < -0.39 is 0 Å². The van der Waals surface area contributed by atoms with Crippen molar-refractivity contribution in [1.29, 1.82) is 0 Å². The maximum absolute atomic E-state index is 5.44. The Morgan fingerprint density at radius 2 is 2.40 bits per heavy atom. The molecule has 0 aromatic carbocycles. The summed E-state index contributed by atoms with van der Waals surface area (Å²) in [6.07, 6.45) is 1.64. The first-order valence-corrected chi connectivity index (χ1v) is 3.95. The van der Waals surface area contributed by atoms with Gasteiger partial charge in [-0.2, -0.15) is 0 Å². The van der Waals surface area contributed by atoms with E-state index in [1.807, 2.05) is 0 Å². The van der Waals surface area contributed by atoms with E-state index in [1.54, 1.807) is 18.0 Å². The molecule has 10 heavy (non-hydrogen) atoms. The number of nitrogen functional groups attached to an aromatic ring is 1. The van der Waals surface area contributed by atoms with Gasteiger partial charge in [0.05, 0.1) is 11.1 Å². The fourth-order valence-corrected chi connectivity index (χ4v) is 1.35. The Bertz CT molecular complexity index is 209. The van der Waals surface area contributed by atoms with E-state index in [9.17, 15) is 0 Å². The van der Waals surface area contributed by atoms with E-state index in [0.29, 0.717) is 11.1 Å². The fourth-order valence-electron chi connectivity index (χ4n) is 0.582. The number of hydrogen-bond donors (Lipinski definition) is 1. The lowest BCUT2D eigenvalue weighted by Gasteiger charge is -1.99. The SMILES string of the molecule is CC(C)Sc1cnoc1N. The lowest BCUT2D eigenvalue weighted by Crippen LogP contribution is -1.88. The molecule has 0 unspecified atom stereocenters. The first kappa shape index (κ1) is 7.47. The molecule has 0 spiro atoms. The van der Waals surface area contributed by atoms with E-state index in [-0.39, 0.29) is 0 Å². The second kappa shape index (κ2) is 2.96. The van der Waals surface area contributed by atoms with Crippen molar-refractivity contribution in [2.24, 2.45) is 0 Å². The minimum Gasteiger partial charge on any atom is -0.367 e. The summed E-state index contributed by atoms with van der Waals surface area (Å²) in [6, 6.07) is 0. The molecule has 0 aliphatic rings. The van der Waals surface area contributed by atoms with Gasteiger partial charge >= 0.3 is 0 Å². The summed E-state index contributed by atoms with van der Waals surface area (Å²) in [4.78, 5) is 0.926. The first-order chi connectivity index (χ1) is 4.70. The fraction of sp³-hybridized carbons (Fsp3) is 0.500. The van der Waals surface area contributed by atoms with Crippen LogP contribution >= 0.6 is 11.8 Å². The Labute approximate surface area is 64.0 Å². The van der Waals surface area contributed by atoms with Crippen molar-refractivity contribution in [2.45, 2.75) is 24.0 Å². The monoisotopic (exact) mass is 158 g/mol. The number of hydrogen-bond acceptors (Lipinski definition) is 4. The van der Waals surface area contributed by atoms with Gasteiger partial charge in [-0.15, -0.1) is 11.8 Å². The average molecular weight is 158 g/mol. The second-order valence-corrected chi connectivity index (χ2v) is 3.84. The number of nitrogens with two attached hydrogens (primary N) is 1. The summed E-state index contributed by atoms with van der Waals surface area (Å²) in [5.74, 6) is 0.415. The van der Waals surface area contributed by atoms with Crippen molar-refractivity contribution >= 4 is 17.6 Å². The molecule has 0 saturated carbocycles. The lowest BCUT2D eigenvalue weighted by atomic mass is 10.6. The summed E-state index contributed by atoms with van der Waals surface area (Å²) in [5, 5.41) is 4.07. The maximum atomic E-state index is 5.44. The van der Waals surface area contributed by atoms with Gasteiger partial charge in [0, 0.05) is 5.25 Å². The quantitative estimate of drug-likeness (QED) is 0.666. The Morgan fingerprint density at radius 3 is 2.80 bits per heavy atom. The van der Waals surface area contributed by atoms with Crippen molar-refractivity contribution in [3.63, 3.8) is 0 Å². The summed E-state index contributed by atoms with van der Waals surface area (Å²) < 4.78 is 4.67. The van der Waals surface area contributed by atoms with E-state index in [1.165, 1.54) is 0 Å². The number of aromatic nitrogens is 1. The number of nitrogens with zero attached hydrogens (tertiary/aromatic N) is 1. The number of anilines is 1. The molecule has 0 radical (unpaired) electrons. The molecule has 0 aliphatic heterocycles. The van der Waals surface area contributed by atoms with Crippen molar-refractivity contribution in [3.8, 4) is 0 Å². The van der Waals surface area contributed by atoms with Crippen LogP contribution in [0.5, 0.6) is 0 Å². The van der Waals surface area contributed by atoms with Crippen LogP contribution in [-0.4, -0.2) is 10.4 Å². The molecule has 1 rings (SSSR count). The normalized spacial score (nSPS) is 10.7. The predicted molar refractivity (Wildman–Crippen MR) is 41.9 cm³/mol. The van der Waals surface area contributed by atoms with Gasteiger partial charge in [0.2, 0.25) is 5.88 Å². The molecule has 2 N–H and O–H groups in total. The lowest BCUT2D eigenvalue weighted by molar-refractivity contribution is 0.435. The Balaban J connectivity index is 2.65. The van der Waals surface area contributed by atoms with Crippen LogP contribution in [0.1, 0.15) is 13.8 Å². The van der Waals surface area contributed by atoms with Crippen molar-refractivity contribution in [3.05, 3.63) is 6.20 Å². The molecule has 1 heterocycles. The highest BCUT2D eigenvalue weighted by Crippen LogP contribution is 2.27. The zero-order valence-electron chi connectivity index (χ0n) is 6.00. The minimum absolute atomic E-state index is 0.415. The smallest absolute Gasteiger partial charge is 0.235 e. The summed E-state index contributed by atoms with van der Waals surface area (Å²) in [7, 11) is 0. The highest BCUT2D eigenvalue weighted by atomic mass is 32.2. The third-order valence-corrected chi connectivity index (χ3v) is 1.96. The van der Waals surface area contributed by atoms with Gasteiger partial charge in [-0.1, -0.05) is 19.0 Å². The van der Waals surface area contributed by atoms with Crippen molar-refractivity contribution in [2.75, 3.05) is 5.73 Å². The molecular weight excluding hydrogens is 148 g/mol. The van der Waals surface area contributed by atoms with Gasteiger partial charge in [0.15, 0.2) is 0 Å². The van der Waals surface area contributed by atoms with Gasteiger partial charge in [-0.3, -0.25) is 0 Å². The van der Waals surface area contributed by atoms with Crippen molar-refractivity contribution < 1.29 is 4.52 Å². The van der Waals surface area contributed by atoms with Crippen LogP contribution in [0.4, 0.5) is 5.88 Å². The van der Waals surface area contributed by atoms with Gasteiger partial charge in [-0.05, 0) is 0 Å². The second-order valence-electron chi connectivity index (χ2n) is 2.22. The van der Waals surface area contributed by atoms with Crippen molar-refractivity contribution in [1.82, 2.24) is 5.16 Å². The van der Waals surface area contributed by atoms with Crippen LogP contribution in [-0.2, 0) is 0 Å². The average Bonchev–Trinajstić information content (AvgIpc) is 2.15. The zero-order chi connectivity index (χ0) is 7.56. The molecule has 0 aliphatic carbocycles. The van der Waals surface area contributed by atoms with Gasteiger partial charge < -0.3 is 10.3 Å². The highest BCUT2D eigenvalue weighted by molar-refractivity contribution is 8.00. The molecular formula is C6H10N2OS. The van der Waals surface area contributed by atoms with Crippen LogP contribution in [0.2, 0.25) is 0 Å². The topological polar surface area (TPSA) is 52.0 Å². The van der Waals surface area contributed by atoms with E-state index >= 15 is 0 Å². The molecule has 0 amide bonds. The molecule has 1 aromatic heterocycles. The van der Waals surface area contributed by atoms with E-state index in [0.717, 1.165) is 4.90 Å². The molecule has 56 valence electrons. The Morgan fingerprint density at radius 1 is 1.70 bits per heavy atom. The van der Waals surface area contributed by atoms with Crippen LogP contribution in [0.15, 0.2) is 15.6 Å². The molecule has 0 atom stereocenters. The number of rotatable bonds is 2. The standard InChI is InChI=1S/C6H10N2OS/c1-4(2)10-5-3-8-9-6(5)7/h3-4H,7H2,1-2H3. The van der Waals surface area contributed by atoms with E-state index in [2.05, 4.69) is 23.5 Å². The summed E-state index contributed by atoms with van der Waals surface area (Å²) in [5.41, 5.74) is 5.44. The Kier molecular flexibility index (Phi) is 2.21. The van der Waals surface area contributed by atoms with Crippen LogP contribution in [0.3, 0.4) is 0 Å². The molecule has 0 fully saturated rings. The molecule has 3 nitrogen and oxygen atoms in total. The van der Waals surface area contributed by atoms with Gasteiger partial charge in [0.25, 0.3) is 0 Å². The molecule has 0 saturated heterocycles. The minimum atomic E-state index is 0.415. The van der Waals surface area contributed by atoms with E-state index in [4.69, 9.17) is 5.73 Å². The first-order valence-electron chi connectivity index (χ1n) is 3.07. The van der Waals surface area contributed by atoms with Gasteiger partial charge in [0.1, 0.15) is 0 Å². The predicted octanol–water partition coefficient (Wildman–Crippen LogP) is 1.76. The highest BCUT2D eigenvalue weighted by Gasteiger charge is 2.05. The summed E-state index contributed by atoms with van der Waals surface area (Å²) in [6.45, 7) is 4.19. The third-order valence-electron chi connectivity index (χ3n) is 0.927. The largest absolute Gasteiger partial charge is 0.367 e. The number of thioether (sulfide) groups is 1. The van der Waals surface area contributed by atoms with Crippen LogP contribution < -0.4 is 5.73 Å². The zero-order valence-corrected chi connectivity index (χ0v) is 6.81.